The van der Waals surface area contributed by atoms with Crippen LogP contribution in [0.2, 0.25) is 0 Å². The Morgan fingerprint density at radius 2 is 2.00 bits per heavy atom. The highest BCUT2D eigenvalue weighted by Gasteiger charge is 2.24. The van der Waals surface area contributed by atoms with Crippen molar-refractivity contribution in [3.05, 3.63) is 23.3 Å². The minimum atomic E-state index is 0.593. The van der Waals surface area contributed by atoms with Gasteiger partial charge in [0, 0.05) is 20.1 Å². The van der Waals surface area contributed by atoms with E-state index >= 15 is 0 Å². The third-order valence-electron chi connectivity index (χ3n) is 3.29. The standard InChI is InChI=1S/C13H20N2O/c1-9-5-10(2)13(16-4)12(6-9)15(3)11-7-14-8-11/h5-6,11,14H,7-8H2,1-4H3. The van der Waals surface area contributed by atoms with Crippen molar-refractivity contribution >= 4 is 5.69 Å². The van der Waals surface area contributed by atoms with Gasteiger partial charge in [-0.05, 0) is 31.0 Å². The normalized spacial score (nSPS) is 15.8. The number of hydrogen-bond donors (Lipinski definition) is 1. The van der Waals surface area contributed by atoms with Crippen LogP contribution >= 0.6 is 0 Å². The van der Waals surface area contributed by atoms with Crippen LogP contribution in [-0.4, -0.2) is 33.3 Å². The SMILES string of the molecule is COc1c(C)cc(C)cc1N(C)C1CNC1. The Hall–Kier alpha value is -1.22. The molecule has 0 aliphatic carbocycles. The van der Waals surface area contributed by atoms with Crippen molar-refractivity contribution in [2.75, 3.05) is 32.1 Å². The number of benzene rings is 1. The first-order valence-electron chi connectivity index (χ1n) is 5.72. The molecule has 0 spiro atoms. The molecule has 16 heavy (non-hydrogen) atoms. The van der Waals surface area contributed by atoms with E-state index in [2.05, 4.69) is 43.2 Å². The number of methoxy groups -OCH3 is 1. The zero-order valence-electron chi connectivity index (χ0n) is 10.5. The number of rotatable bonds is 3. The van der Waals surface area contributed by atoms with Crippen molar-refractivity contribution in [3.63, 3.8) is 0 Å². The van der Waals surface area contributed by atoms with Gasteiger partial charge in [-0.3, -0.25) is 0 Å². The molecule has 0 saturated carbocycles. The summed E-state index contributed by atoms with van der Waals surface area (Å²) in [7, 11) is 3.89. The maximum atomic E-state index is 5.51. The quantitative estimate of drug-likeness (QED) is 0.839. The highest BCUT2D eigenvalue weighted by Crippen LogP contribution is 2.33. The van der Waals surface area contributed by atoms with E-state index in [9.17, 15) is 0 Å². The van der Waals surface area contributed by atoms with Crippen molar-refractivity contribution in [2.45, 2.75) is 19.9 Å². The van der Waals surface area contributed by atoms with Gasteiger partial charge in [-0.25, -0.2) is 0 Å². The van der Waals surface area contributed by atoms with Gasteiger partial charge in [0.2, 0.25) is 0 Å². The van der Waals surface area contributed by atoms with E-state index in [1.807, 2.05) is 0 Å². The molecule has 0 amide bonds. The molecule has 1 fully saturated rings. The zero-order chi connectivity index (χ0) is 11.7. The van der Waals surface area contributed by atoms with E-state index < -0.39 is 0 Å². The van der Waals surface area contributed by atoms with Crippen molar-refractivity contribution in [1.29, 1.82) is 0 Å². The summed E-state index contributed by atoms with van der Waals surface area (Å²) in [5.41, 5.74) is 3.69. The van der Waals surface area contributed by atoms with Gasteiger partial charge in [-0.2, -0.15) is 0 Å². The third kappa shape index (κ3) is 1.87. The number of ether oxygens (including phenoxy) is 1. The van der Waals surface area contributed by atoms with E-state index in [-0.39, 0.29) is 0 Å². The lowest BCUT2D eigenvalue weighted by Crippen LogP contribution is -2.56. The van der Waals surface area contributed by atoms with Gasteiger partial charge in [-0.1, -0.05) is 6.07 Å². The topological polar surface area (TPSA) is 24.5 Å². The molecule has 1 aliphatic rings. The van der Waals surface area contributed by atoms with Gasteiger partial charge in [0.15, 0.2) is 0 Å². The number of nitrogens with zero attached hydrogens (tertiary/aromatic N) is 1. The Kier molecular flexibility index (Phi) is 3.06. The van der Waals surface area contributed by atoms with Crippen molar-refractivity contribution < 1.29 is 4.74 Å². The number of nitrogens with one attached hydrogen (secondary N) is 1. The summed E-state index contributed by atoms with van der Waals surface area (Å²) in [4.78, 5) is 2.31. The molecular weight excluding hydrogens is 200 g/mol. The number of aryl methyl sites for hydroxylation is 2. The molecule has 1 saturated heterocycles. The molecule has 1 aromatic carbocycles. The summed E-state index contributed by atoms with van der Waals surface area (Å²) in [6.07, 6.45) is 0. The Morgan fingerprint density at radius 1 is 1.31 bits per heavy atom. The summed E-state index contributed by atoms with van der Waals surface area (Å²) < 4.78 is 5.51. The maximum Gasteiger partial charge on any atom is 0.145 e. The molecule has 0 radical (unpaired) electrons. The van der Waals surface area contributed by atoms with Crippen LogP contribution in [0, 0.1) is 13.8 Å². The van der Waals surface area contributed by atoms with E-state index in [4.69, 9.17) is 4.74 Å². The number of likely N-dealkylation sites (N-methyl/N-ethyl adjacent to an activating group) is 1. The number of anilines is 1. The summed E-state index contributed by atoms with van der Waals surface area (Å²) in [5.74, 6) is 1.00. The third-order valence-corrected chi connectivity index (χ3v) is 3.29. The van der Waals surface area contributed by atoms with E-state index in [1.165, 1.54) is 16.8 Å². The lowest BCUT2D eigenvalue weighted by atomic mass is 10.1. The van der Waals surface area contributed by atoms with Crippen LogP contribution < -0.4 is 15.0 Å². The molecule has 1 N–H and O–H groups in total. The van der Waals surface area contributed by atoms with Crippen LogP contribution in [0.3, 0.4) is 0 Å². The molecule has 2 rings (SSSR count). The second kappa shape index (κ2) is 4.34. The first-order chi connectivity index (χ1) is 7.63. The molecule has 3 heteroatoms. The second-order valence-electron chi connectivity index (χ2n) is 4.56. The van der Waals surface area contributed by atoms with Crippen molar-refractivity contribution in [3.8, 4) is 5.75 Å². The zero-order valence-corrected chi connectivity index (χ0v) is 10.5. The van der Waals surface area contributed by atoms with Gasteiger partial charge in [0.05, 0.1) is 18.8 Å². The minimum Gasteiger partial charge on any atom is -0.494 e. The molecule has 0 unspecified atom stereocenters. The summed E-state index contributed by atoms with van der Waals surface area (Å²) >= 11 is 0. The smallest absolute Gasteiger partial charge is 0.145 e. The van der Waals surface area contributed by atoms with Crippen LogP contribution in [0.5, 0.6) is 5.75 Å². The van der Waals surface area contributed by atoms with Crippen molar-refractivity contribution in [2.24, 2.45) is 0 Å². The molecule has 3 nitrogen and oxygen atoms in total. The predicted molar refractivity (Wildman–Crippen MR) is 67.5 cm³/mol. The average molecular weight is 220 g/mol. The van der Waals surface area contributed by atoms with Gasteiger partial charge < -0.3 is 15.0 Å². The minimum absolute atomic E-state index is 0.593. The summed E-state index contributed by atoms with van der Waals surface area (Å²) in [6, 6.07) is 4.95. The van der Waals surface area contributed by atoms with Gasteiger partial charge in [-0.15, -0.1) is 0 Å². The Morgan fingerprint density at radius 3 is 2.50 bits per heavy atom. The van der Waals surface area contributed by atoms with E-state index in [0.717, 1.165) is 18.8 Å². The van der Waals surface area contributed by atoms with Crippen LogP contribution in [0.15, 0.2) is 12.1 Å². The number of hydrogen-bond acceptors (Lipinski definition) is 3. The molecule has 1 heterocycles. The molecule has 1 aromatic rings. The van der Waals surface area contributed by atoms with E-state index in [0.29, 0.717) is 6.04 Å². The molecule has 1 aliphatic heterocycles. The van der Waals surface area contributed by atoms with Crippen molar-refractivity contribution in [1.82, 2.24) is 5.32 Å². The summed E-state index contributed by atoms with van der Waals surface area (Å²) in [6.45, 7) is 6.35. The summed E-state index contributed by atoms with van der Waals surface area (Å²) in [5, 5.41) is 3.30. The van der Waals surface area contributed by atoms with Crippen LogP contribution in [-0.2, 0) is 0 Å². The van der Waals surface area contributed by atoms with E-state index in [1.54, 1.807) is 7.11 Å². The Bertz CT molecular complexity index is 386. The molecule has 88 valence electrons. The molecule has 0 bridgehead atoms. The maximum absolute atomic E-state index is 5.51. The molecular formula is C13H20N2O. The highest BCUT2D eigenvalue weighted by molar-refractivity contribution is 5.63. The Balaban J connectivity index is 2.36. The average Bonchev–Trinajstić information content (AvgIpc) is 2.13. The van der Waals surface area contributed by atoms with Crippen LogP contribution in [0.4, 0.5) is 5.69 Å². The molecule has 0 aromatic heterocycles. The monoisotopic (exact) mass is 220 g/mol. The Labute approximate surface area is 97.4 Å². The largest absolute Gasteiger partial charge is 0.494 e. The second-order valence-corrected chi connectivity index (χ2v) is 4.56. The highest BCUT2D eigenvalue weighted by atomic mass is 16.5. The van der Waals surface area contributed by atoms with Crippen LogP contribution in [0.25, 0.3) is 0 Å². The van der Waals surface area contributed by atoms with Gasteiger partial charge >= 0.3 is 0 Å². The van der Waals surface area contributed by atoms with Crippen LogP contribution in [0.1, 0.15) is 11.1 Å². The fourth-order valence-electron chi connectivity index (χ4n) is 2.20. The fraction of sp³-hybridized carbons (Fsp3) is 0.538. The first-order valence-corrected chi connectivity index (χ1v) is 5.72. The fourth-order valence-corrected chi connectivity index (χ4v) is 2.20. The lowest BCUT2D eigenvalue weighted by Gasteiger charge is -2.38. The first kappa shape index (κ1) is 11.3. The molecule has 0 atom stereocenters. The predicted octanol–water partition coefficient (Wildman–Crippen LogP) is 1.72. The van der Waals surface area contributed by atoms with Gasteiger partial charge in [0.25, 0.3) is 0 Å². The van der Waals surface area contributed by atoms with Gasteiger partial charge in [0.1, 0.15) is 5.75 Å². The lowest BCUT2D eigenvalue weighted by molar-refractivity contribution is 0.398.